The first-order valence-electron chi connectivity index (χ1n) is 5.06. The van der Waals surface area contributed by atoms with Crippen LogP contribution in [0.3, 0.4) is 0 Å². The summed E-state index contributed by atoms with van der Waals surface area (Å²) in [6, 6.07) is 7.99. The molecule has 0 spiro atoms. The third kappa shape index (κ3) is 2.97. The monoisotopic (exact) mass is 245 g/mol. The van der Waals surface area contributed by atoms with Crippen molar-refractivity contribution >= 4 is 23.5 Å². The summed E-state index contributed by atoms with van der Waals surface area (Å²) >= 11 is 0.953. The topological polar surface area (TPSA) is 53.1 Å². The van der Waals surface area contributed by atoms with Crippen LogP contribution < -0.4 is 4.87 Å². The lowest BCUT2D eigenvalue weighted by Crippen LogP contribution is -1.89. The third-order valence-electron chi connectivity index (χ3n) is 2.20. The molecule has 2 N–H and O–H groups in total. The molecule has 0 unspecified atom stereocenters. The van der Waals surface area contributed by atoms with E-state index in [2.05, 4.69) is 10.7 Å². The summed E-state index contributed by atoms with van der Waals surface area (Å²) < 4.78 is 0. The second kappa shape index (κ2) is 4.87. The molecule has 86 valence electrons. The normalized spacial score (nSPS) is 9.71. The quantitative estimate of drug-likeness (QED) is 0.799. The molecule has 0 radical (unpaired) electrons. The average molecular weight is 245 g/mol. The van der Waals surface area contributed by atoms with Crippen molar-refractivity contribution in [2.75, 3.05) is 0 Å². The van der Waals surface area contributed by atoms with E-state index in [1.165, 1.54) is 5.56 Å². The van der Waals surface area contributed by atoms with Crippen LogP contribution in [0.5, 0.6) is 5.88 Å². The molecule has 0 bridgehead atoms. The summed E-state index contributed by atoms with van der Waals surface area (Å²) in [6.45, 7) is 2.03. The number of H-pyrrole nitrogens is 1. The van der Waals surface area contributed by atoms with E-state index in [9.17, 15) is 9.90 Å². The molecule has 0 aliphatic rings. The van der Waals surface area contributed by atoms with Crippen molar-refractivity contribution < 1.29 is 5.11 Å². The molecule has 1 heterocycles. The maximum atomic E-state index is 10.9. The van der Waals surface area contributed by atoms with Gasteiger partial charge in [0, 0.05) is 6.08 Å². The number of thiazole rings is 1. The molecule has 17 heavy (non-hydrogen) atoms. The van der Waals surface area contributed by atoms with Crippen molar-refractivity contribution in [3.8, 4) is 5.88 Å². The predicted octanol–water partition coefficient (Wildman–Crippen LogP) is 2.78. The summed E-state index contributed by atoms with van der Waals surface area (Å²) in [5.74, 6) is -0.107. The Hall–Kier alpha value is -2.03. The minimum Gasteiger partial charge on any atom is -0.493 e. The third-order valence-corrected chi connectivity index (χ3v) is 3.02. The molecule has 0 amide bonds. The summed E-state index contributed by atoms with van der Waals surface area (Å²) in [5.41, 5.74) is 5.16. The Kier molecular flexibility index (Phi) is 3.28. The van der Waals surface area contributed by atoms with Crippen molar-refractivity contribution in [2.24, 2.45) is 0 Å². The molecule has 0 aliphatic carbocycles. The van der Waals surface area contributed by atoms with Gasteiger partial charge in [0.2, 0.25) is 5.88 Å². The first-order chi connectivity index (χ1) is 8.15. The number of aromatic nitrogens is 1. The lowest BCUT2D eigenvalue weighted by Gasteiger charge is -1.91. The van der Waals surface area contributed by atoms with Gasteiger partial charge < -0.3 is 5.11 Å². The second-order valence-corrected chi connectivity index (χ2v) is 4.61. The molecular weight excluding hydrogens is 234 g/mol. The molecule has 2 rings (SSSR count). The van der Waals surface area contributed by atoms with Crippen molar-refractivity contribution in [2.45, 2.75) is 6.92 Å². The maximum Gasteiger partial charge on any atom is 0.307 e. The first-order valence-corrected chi connectivity index (χ1v) is 5.88. The van der Waals surface area contributed by atoms with E-state index < -0.39 is 0 Å². The van der Waals surface area contributed by atoms with Crippen LogP contribution in [0, 0.1) is 6.92 Å². The Bertz CT molecular complexity index is 628. The van der Waals surface area contributed by atoms with Crippen molar-refractivity contribution in [1.82, 2.24) is 4.98 Å². The van der Waals surface area contributed by atoms with E-state index in [1.807, 2.05) is 31.2 Å². The van der Waals surface area contributed by atoms with Gasteiger partial charge in [0.1, 0.15) is 4.88 Å². The lowest BCUT2D eigenvalue weighted by molar-refractivity contribution is 0.455. The number of benzene rings is 1. The van der Waals surface area contributed by atoms with Crippen LogP contribution in [-0.2, 0) is 0 Å². The van der Waals surface area contributed by atoms with Gasteiger partial charge in [-0.05, 0) is 18.6 Å². The number of hydrogen-bond acceptors (Lipinski definition) is 3. The van der Waals surface area contributed by atoms with Crippen LogP contribution in [0.15, 0.2) is 34.8 Å². The molecule has 1 aromatic carbocycles. The van der Waals surface area contributed by atoms with Gasteiger partial charge in [0.25, 0.3) is 0 Å². The second-order valence-electron chi connectivity index (χ2n) is 3.59. The van der Waals surface area contributed by atoms with E-state index in [0.717, 1.165) is 16.9 Å². The molecule has 0 fully saturated rings. The molecule has 3 nitrogen and oxygen atoms in total. The molecule has 4 heteroatoms. The minimum atomic E-state index is -0.272. The highest BCUT2D eigenvalue weighted by Gasteiger charge is 2.00. The Morgan fingerprint density at radius 2 is 2.00 bits per heavy atom. The van der Waals surface area contributed by atoms with Crippen LogP contribution in [0.2, 0.25) is 0 Å². The zero-order valence-corrected chi connectivity index (χ0v) is 10.0. The van der Waals surface area contributed by atoms with E-state index >= 15 is 0 Å². The summed E-state index contributed by atoms with van der Waals surface area (Å²) in [4.78, 5) is 13.4. The van der Waals surface area contributed by atoms with Crippen LogP contribution in [0.4, 0.5) is 0 Å². The van der Waals surface area contributed by atoms with Gasteiger partial charge in [-0.25, -0.2) is 0 Å². The van der Waals surface area contributed by atoms with E-state index in [1.54, 1.807) is 12.2 Å². The van der Waals surface area contributed by atoms with E-state index in [4.69, 9.17) is 0 Å². The fourth-order valence-electron chi connectivity index (χ4n) is 1.31. The standard InChI is InChI=1S/C13H11NO2S/c1-9-5-7-10(8-6-9)3-2-4-11-12(15)14-13(16)17-11/h3-8,15H,1H3,(H,14,16). The predicted molar refractivity (Wildman–Crippen MR) is 70.2 cm³/mol. The van der Waals surface area contributed by atoms with Crippen molar-refractivity contribution in [1.29, 1.82) is 0 Å². The molecule has 0 saturated heterocycles. The van der Waals surface area contributed by atoms with Crippen LogP contribution in [0.25, 0.3) is 12.2 Å². The molecule has 1 aromatic heterocycles. The number of aromatic amines is 1. The number of aromatic hydroxyl groups is 1. The van der Waals surface area contributed by atoms with Crippen molar-refractivity contribution in [3.63, 3.8) is 0 Å². The first kappa shape index (κ1) is 11.5. The summed E-state index contributed by atoms with van der Waals surface area (Å²) in [7, 11) is 0. The number of aryl methyl sites for hydroxylation is 1. The van der Waals surface area contributed by atoms with Gasteiger partial charge in [0.15, 0.2) is 0 Å². The van der Waals surface area contributed by atoms with Gasteiger partial charge in [-0.3, -0.25) is 9.78 Å². The minimum absolute atomic E-state index is 0.107. The van der Waals surface area contributed by atoms with E-state index in [0.29, 0.717) is 4.88 Å². The molecule has 0 aliphatic heterocycles. The van der Waals surface area contributed by atoms with Gasteiger partial charge in [0.05, 0.1) is 0 Å². The molecule has 0 atom stereocenters. The number of hydrogen-bond donors (Lipinski definition) is 2. The van der Waals surface area contributed by atoms with Gasteiger partial charge in [-0.15, -0.1) is 5.73 Å². The van der Waals surface area contributed by atoms with Gasteiger partial charge >= 0.3 is 4.87 Å². The Labute approximate surface area is 102 Å². The largest absolute Gasteiger partial charge is 0.493 e. The molecule has 0 saturated carbocycles. The Balaban J connectivity index is 2.23. The number of nitrogens with one attached hydrogen (secondary N) is 1. The zero-order chi connectivity index (χ0) is 12.3. The van der Waals surface area contributed by atoms with Crippen molar-refractivity contribution in [3.05, 3.63) is 55.7 Å². The Morgan fingerprint density at radius 1 is 1.29 bits per heavy atom. The van der Waals surface area contributed by atoms with Crippen LogP contribution in [0.1, 0.15) is 16.0 Å². The lowest BCUT2D eigenvalue weighted by atomic mass is 10.1. The zero-order valence-electron chi connectivity index (χ0n) is 9.23. The maximum absolute atomic E-state index is 10.9. The average Bonchev–Trinajstić information content (AvgIpc) is 2.60. The fraction of sp³-hybridized carbons (Fsp3) is 0.0769. The van der Waals surface area contributed by atoms with Crippen LogP contribution in [-0.4, -0.2) is 10.1 Å². The molecule has 2 aromatic rings. The van der Waals surface area contributed by atoms with Gasteiger partial charge in [-0.2, -0.15) is 0 Å². The van der Waals surface area contributed by atoms with E-state index in [-0.39, 0.29) is 10.8 Å². The highest BCUT2D eigenvalue weighted by Crippen LogP contribution is 2.16. The summed E-state index contributed by atoms with van der Waals surface area (Å²) in [6.07, 6.45) is 3.38. The highest BCUT2D eigenvalue weighted by atomic mass is 32.1. The highest BCUT2D eigenvalue weighted by molar-refractivity contribution is 7.10. The Morgan fingerprint density at radius 3 is 2.59 bits per heavy atom. The summed E-state index contributed by atoms with van der Waals surface area (Å²) in [5, 5.41) is 9.33. The number of rotatable bonds is 2. The smallest absolute Gasteiger partial charge is 0.307 e. The van der Waals surface area contributed by atoms with Crippen LogP contribution >= 0.6 is 11.3 Å². The SMILES string of the molecule is Cc1ccc(C=C=Cc2sc(=O)[nH]c2O)cc1. The van der Waals surface area contributed by atoms with Gasteiger partial charge in [-0.1, -0.05) is 41.2 Å². The molecular formula is C13H11NO2S. The fourth-order valence-corrected chi connectivity index (χ4v) is 1.93.